The van der Waals surface area contributed by atoms with Crippen molar-refractivity contribution in [3.8, 4) is 0 Å². The van der Waals surface area contributed by atoms with Crippen LogP contribution in [0.25, 0.3) is 0 Å². The zero-order valence-electron chi connectivity index (χ0n) is 11.7. The van der Waals surface area contributed by atoms with Gasteiger partial charge in [-0.1, -0.05) is 6.07 Å². The minimum Gasteiger partial charge on any atom is -0.376 e. The van der Waals surface area contributed by atoms with Gasteiger partial charge in [0.25, 0.3) is 0 Å². The number of nitrogens with one attached hydrogen (secondary N) is 2. The van der Waals surface area contributed by atoms with Gasteiger partial charge in [0.1, 0.15) is 11.6 Å². The number of nitrogens with zero attached hydrogens (tertiary/aromatic N) is 1. The van der Waals surface area contributed by atoms with E-state index in [4.69, 9.17) is 17.0 Å². The van der Waals surface area contributed by atoms with Crippen LogP contribution in [0.2, 0.25) is 0 Å². The Labute approximate surface area is 127 Å². The predicted octanol–water partition coefficient (Wildman–Crippen LogP) is 2.33. The zero-order chi connectivity index (χ0) is 15.2. The van der Waals surface area contributed by atoms with E-state index in [1.807, 2.05) is 0 Å². The first-order chi connectivity index (χ1) is 10.1. The highest BCUT2D eigenvalue weighted by molar-refractivity contribution is 7.80. The SMILES string of the molecule is C/C(=N/NC(=S)NC[C@@H]1CCCO1)c1c(F)cccc1F. The minimum atomic E-state index is -0.656. The Morgan fingerprint density at radius 1 is 1.43 bits per heavy atom. The van der Waals surface area contributed by atoms with E-state index < -0.39 is 11.6 Å². The van der Waals surface area contributed by atoms with Gasteiger partial charge >= 0.3 is 0 Å². The second kappa shape index (κ2) is 7.42. The number of benzene rings is 1. The van der Waals surface area contributed by atoms with E-state index in [0.717, 1.165) is 19.4 Å². The number of rotatable bonds is 4. The molecule has 1 aromatic carbocycles. The molecule has 1 atom stereocenters. The third kappa shape index (κ3) is 4.44. The molecule has 0 spiro atoms. The van der Waals surface area contributed by atoms with Gasteiger partial charge in [-0.3, -0.25) is 5.43 Å². The molecular weight excluding hydrogens is 296 g/mol. The number of hydrogen-bond donors (Lipinski definition) is 2. The third-order valence-electron chi connectivity index (χ3n) is 3.16. The molecule has 1 aliphatic heterocycles. The van der Waals surface area contributed by atoms with E-state index in [2.05, 4.69) is 15.8 Å². The predicted molar refractivity (Wildman–Crippen MR) is 81.3 cm³/mol. The Kier molecular flexibility index (Phi) is 5.58. The summed E-state index contributed by atoms with van der Waals surface area (Å²) in [5, 5.41) is 7.16. The number of halogens is 2. The third-order valence-corrected chi connectivity index (χ3v) is 3.40. The summed E-state index contributed by atoms with van der Waals surface area (Å²) in [5.41, 5.74) is 2.61. The number of hydrogen-bond acceptors (Lipinski definition) is 3. The topological polar surface area (TPSA) is 45.7 Å². The Morgan fingerprint density at radius 2 is 2.14 bits per heavy atom. The van der Waals surface area contributed by atoms with Crippen molar-refractivity contribution >= 4 is 23.0 Å². The quantitative estimate of drug-likeness (QED) is 0.509. The maximum absolute atomic E-state index is 13.6. The fourth-order valence-electron chi connectivity index (χ4n) is 2.09. The molecule has 2 N–H and O–H groups in total. The molecule has 4 nitrogen and oxygen atoms in total. The lowest BCUT2D eigenvalue weighted by Crippen LogP contribution is -2.37. The molecule has 1 fully saturated rings. The van der Waals surface area contributed by atoms with Gasteiger partial charge in [-0.15, -0.1) is 0 Å². The molecule has 0 aliphatic carbocycles. The molecule has 1 heterocycles. The summed E-state index contributed by atoms with van der Waals surface area (Å²) in [6, 6.07) is 3.68. The molecule has 0 aromatic heterocycles. The maximum atomic E-state index is 13.6. The van der Waals surface area contributed by atoms with Crippen LogP contribution < -0.4 is 10.7 Å². The fourth-order valence-corrected chi connectivity index (χ4v) is 2.21. The van der Waals surface area contributed by atoms with Crippen molar-refractivity contribution in [2.24, 2.45) is 5.10 Å². The molecule has 1 aromatic rings. The summed E-state index contributed by atoms with van der Waals surface area (Å²) in [5.74, 6) is -1.31. The van der Waals surface area contributed by atoms with Crippen LogP contribution in [0.15, 0.2) is 23.3 Å². The molecule has 7 heteroatoms. The van der Waals surface area contributed by atoms with Crippen LogP contribution in [0.1, 0.15) is 25.3 Å². The largest absolute Gasteiger partial charge is 0.376 e. The van der Waals surface area contributed by atoms with E-state index in [-0.39, 0.29) is 17.4 Å². The summed E-state index contributed by atoms with van der Waals surface area (Å²) < 4.78 is 32.6. The lowest BCUT2D eigenvalue weighted by Gasteiger charge is -2.12. The molecule has 0 bridgehead atoms. The molecule has 114 valence electrons. The summed E-state index contributed by atoms with van der Waals surface area (Å²) in [6.45, 7) is 2.88. The number of ether oxygens (including phenoxy) is 1. The van der Waals surface area contributed by atoms with Crippen molar-refractivity contribution in [1.82, 2.24) is 10.7 Å². The summed E-state index contributed by atoms with van der Waals surface area (Å²) in [6.07, 6.45) is 2.20. The lowest BCUT2D eigenvalue weighted by atomic mass is 10.1. The first-order valence-electron chi connectivity index (χ1n) is 6.72. The van der Waals surface area contributed by atoms with Gasteiger partial charge in [0, 0.05) is 13.2 Å². The van der Waals surface area contributed by atoms with E-state index in [9.17, 15) is 8.78 Å². The van der Waals surface area contributed by atoms with Crippen LogP contribution in [0.3, 0.4) is 0 Å². The van der Waals surface area contributed by atoms with E-state index in [1.165, 1.54) is 25.1 Å². The first-order valence-corrected chi connectivity index (χ1v) is 7.13. The number of hydrazone groups is 1. The van der Waals surface area contributed by atoms with Crippen molar-refractivity contribution in [3.63, 3.8) is 0 Å². The van der Waals surface area contributed by atoms with E-state index in [1.54, 1.807) is 0 Å². The van der Waals surface area contributed by atoms with Gasteiger partial charge in [-0.25, -0.2) is 8.78 Å². The van der Waals surface area contributed by atoms with Gasteiger partial charge < -0.3 is 10.1 Å². The molecule has 0 saturated carbocycles. The van der Waals surface area contributed by atoms with Crippen molar-refractivity contribution in [2.45, 2.75) is 25.9 Å². The van der Waals surface area contributed by atoms with E-state index in [0.29, 0.717) is 11.7 Å². The Hall–Kier alpha value is -1.60. The highest BCUT2D eigenvalue weighted by Crippen LogP contribution is 2.13. The summed E-state index contributed by atoms with van der Waals surface area (Å²) in [4.78, 5) is 0. The first kappa shape index (κ1) is 15.8. The van der Waals surface area contributed by atoms with Gasteiger partial charge in [0.2, 0.25) is 0 Å². The van der Waals surface area contributed by atoms with Crippen LogP contribution in [0.4, 0.5) is 8.78 Å². The highest BCUT2D eigenvalue weighted by atomic mass is 32.1. The van der Waals surface area contributed by atoms with Crippen LogP contribution in [-0.2, 0) is 4.74 Å². The second-order valence-corrected chi connectivity index (χ2v) is 5.16. The van der Waals surface area contributed by atoms with Crippen LogP contribution >= 0.6 is 12.2 Å². The summed E-state index contributed by atoms with van der Waals surface area (Å²) in [7, 11) is 0. The minimum absolute atomic E-state index is 0.152. The molecule has 1 saturated heterocycles. The highest BCUT2D eigenvalue weighted by Gasteiger charge is 2.15. The van der Waals surface area contributed by atoms with Crippen molar-refractivity contribution in [1.29, 1.82) is 0 Å². The molecule has 2 rings (SSSR count). The van der Waals surface area contributed by atoms with E-state index >= 15 is 0 Å². The van der Waals surface area contributed by atoms with Crippen LogP contribution in [0, 0.1) is 11.6 Å². The molecule has 1 aliphatic rings. The normalized spacial score (nSPS) is 18.6. The lowest BCUT2D eigenvalue weighted by molar-refractivity contribution is 0.114. The van der Waals surface area contributed by atoms with Gasteiger partial charge in [-0.05, 0) is 44.1 Å². The molecular formula is C14H17F2N3OS. The fraction of sp³-hybridized carbons (Fsp3) is 0.429. The monoisotopic (exact) mass is 313 g/mol. The molecule has 21 heavy (non-hydrogen) atoms. The second-order valence-electron chi connectivity index (χ2n) is 4.75. The molecule has 0 amide bonds. The summed E-state index contributed by atoms with van der Waals surface area (Å²) >= 11 is 5.05. The zero-order valence-corrected chi connectivity index (χ0v) is 12.5. The average Bonchev–Trinajstić information content (AvgIpc) is 2.96. The number of thiocarbonyl (C=S) groups is 1. The van der Waals surface area contributed by atoms with Crippen molar-refractivity contribution in [2.75, 3.05) is 13.2 Å². The maximum Gasteiger partial charge on any atom is 0.187 e. The molecule has 0 unspecified atom stereocenters. The van der Waals surface area contributed by atoms with Gasteiger partial charge in [0.05, 0.1) is 17.4 Å². The van der Waals surface area contributed by atoms with Crippen LogP contribution in [0.5, 0.6) is 0 Å². The smallest absolute Gasteiger partial charge is 0.187 e. The van der Waals surface area contributed by atoms with Gasteiger partial charge in [0.15, 0.2) is 5.11 Å². The molecule has 0 radical (unpaired) electrons. The average molecular weight is 313 g/mol. The van der Waals surface area contributed by atoms with Crippen LogP contribution in [-0.4, -0.2) is 30.1 Å². The standard InChI is InChI=1S/C14H17F2N3OS/c1-9(13-11(15)5-2-6-12(13)16)18-19-14(21)17-8-10-4-3-7-20-10/h2,5-6,10H,3-4,7-8H2,1H3,(H2,17,19,21)/b18-9-/t10-/m0/s1. The van der Waals surface area contributed by atoms with Gasteiger partial charge in [-0.2, -0.15) is 5.10 Å². The van der Waals surface area contributed by atoms with Crippen molar-refractivity contribution in [3.05, 3.63) is 35.4 Å². The Morgan fingerprint density at radius 3 is 2.76 bits per heavy atom. The Bertz CT molecular complexity index is 525. The van der Waals surface area contributed by atoms with Crippen molar-refractivity contribution < 1.29 is 13.5 Å². The Balaban J connectivity index is 1.89.